The smallest absolute Gasteiger partial charge is 0.333 e. The van der Waals surface area contributed by atoms with Gasteiger partial charge in [-0.2, -0.15) is 0 Å². The molecule has 1 aromatic rings. The van der Waals surface area contributed by atoms with Crippen molar-refractivity contribution in [2.75, 3.05) is 26.1 Å². The third kappa shape index (κ3) is 4.18. The summed E-state index contributed by atoms with van der Waals surface area (Å²) in [5.41, 5.74) is 1.53. The lowest BCUT2D eigenvalue weighted by molar-refractivity contribution is -0.136. The van der Waals surface area contributed by atoms with E-state index >= 15 is 0 Å². The van der Waals surface area contributed by atoms with E-state index in [0.29, 0.717) is 12.1 Å². The van der Waals surface area contributed by atoms with Crippen molar-refractivity contribution in [3.05, 3.63) is 35.9 Å². The first-order chi connectivity index (χ1) is 8.17. The van der Waals surface area contributed by atoms with Gasteiger partial charge in [0.05, 0.1) is 14.2 Å². The number of anilines is 1. The number of esters is 1. The molecule has 4 heteroatoms. The molecule has 0 heterocycles. The Morgan fingerprint density at radius 2 is 2.18 bits per heavy atom. The second-order valence-corrected chi connectivity index (χ2v) is 3.49. The highest BCUT2D eigenvalue weighted by Crippen LogP contribution is 2.16. The molecule has 0 aliphatic heterocycles. The average Bonchev–Trinajstić information content (AvgIpc) is 2.37. The average molecular weight is 235 g/mol. The van der Waals surface area contributed by atoms with E-state index in [0.717, 1.165) is 11.4 Å². The number of ether oxygens (including phenoxy) is 2. The van der Waals surface area contributed by atoms with Crippen LogP contribution in [0, 0.1) is 0 Å². The van der Waals surface area contributed by atoms with E-state index in [1.165, 1.54) is 7.11 Å². The Morgan fingerprint density at radius 3 is 2.82 bits per heavy atom. The minimum Gasteiger partial charge on any atom is -0.497 e. The van der Waals surface area contributed by atoms with Crippen LogP contribution in [0.15, 0.2) is 35.9 Å². The maximum atomic E-state index is 11.1. The van der Waals surface area contributed by atoms with Crippen molar-refractivity contribution in [1.29, 1.82) is 0 Å². The van der Waals surface area contributed by atoms with Crippen molar-refractivity contribution >= 4 is 11.7 Å². The van der Waals surface area contributed by atoms with Gasteiger partial charge in [0.15, 0.2) is 0 Å². The van der Waals surface area contributed by atoms with Crippen LogP contribution in [0.5, 0.6) is 5.75 Å². The number of carbonyl (C=O) groups is 1. The molecule has 4 nitrogen and oxygen atoms in total. The second-order valence-electron chi connectivity index (χ2n) is 3.49. The molecular formula is C13H17NO3. The van der Waals surface area contributed by atoms with Crippen LogP contribution in [-0.4, -0.2) is 26.7 Å². The summed E-state index contributed by atoms with van der Waals surface area (Å²) >= 11 is 0. The number of rotatable bonds is 5. The largest absolute Gasteiger partial charge is 0.497 e. The number of carbonyl (C=O) groups excluding carboxylic acids is 1. The van der Waals surface area contributed by atoms with Gasteiger partial charge in [-0.05, 0) is 19.1 Å². The lowest BCUT2D eigenvalue weighted by Gasteiger charge is -2.06. The molecule has 0 fully saturated rings. The van der Waals surface area contributed by atoms with E-state index in [-0.39, 0.29) is 5.97 Å². The fraction of sp³-hybridized carbons (Fsp3) is 0.308. The van der Waals surface area contributed by atoms with Crippen LogP contribution >= 0.6 is 0 Å². The van der Waals surface area contributed by atoms with Crippen LogP contribution in [0.1, 0.15) is 6.92 Å². The summed E-state index contributed by atoms with van der Waals surface area (Å²) < 4.78 is 9.70. The van der Waals surface area contributed by atoms with Crippen molar-refractivity contribution in [2.45, 2.75) is 6.92 Å². The number of benzene rings is 1. The summed E-state index contributed by atoms with van der Waals surface area (Å²) in [5, 5.41) is 3.17. The van der Waals surface area contributed by atoms with Gasteiger partial charge >= 0.3 is 5.97 Å². The Hall–Kier alpha value is -1.97. The first kappa shape index (κ1) is 13.1. The quantitative estimate of drug-likeness (QED) is 0.628. The molecule has 0 aromatic heterocycles. The van der Waals surface area contributed by atoms with Crippen molar-refractivity contribution < 1.29 is 14.3 Å². The fourth-order valence-corrected chi connectivity index (χ4v) is 1.30. The summed E-state index contributed by atoms with van der Waals surface area (Å²) in [7, 11) is 3.00. The van der Waals surface area contributed by atoms with Crippen molar-refractivity contribution in [1.82, 2.24) is 0 Å². The Balaban J connectivity index is 2.53. The highest BCUT2D eigenvalue weighted by molar-refractivity contribution is 5.87. The normalized spacial score (nSPS) is 10.9. The number of nitrogens with one attached hydrogen (secondary N) is 1. The van der Waals surface area contributed by atoms with Crippen LogP contribution in [-0.2, 0) is 9.53 Å². The van der Waals surface area contributed by atoms with Crippen LogP contribution in [0.4, 0.5) is 5.69 Å². The predicted octanol–water partition coefficient (Wildman–Crippen LogP) is 2.23. The van der Waals surface area contributed by atoms with Gasteiger partial charge in [-0.3, -0.25) is 0 Å². The van der Waals surface area contributed by atoms with Crippen molar-refractivity contribution in [3.63, 3.8) is 0 Å². The van der Waals surface area contributed by atoms with Crippen molar-refractivity contribution in [2.24, 2.45) is 0 Å². The van der Waals surface area contributed by atoms with E-state index in [9.17, 15) is 4.79 Å². The third-order valence-electron chi connectivity index (χ3n) is 2.29. The first-order valence-corrected chi connectivity index (χ1v) is 5.30. The van der Waals surface area contributed by atoms with Crippen LogP contribution in [0.3, 0.4) is 0 Å². The van der Waals surface area contributed by atoms with Crippen LogP contribution < -0.4 is 10.1 Å². The molecule has 0 saturated carbocycles. The van der Waals surface area contributed by atoms with Gasteiger partial charge in [0.1, 0.15) is 5.75 Å². The third-order valence-corrected chi connectivity index (χ3v) is 2.29. The summed E-state index contributed by atoms with van der Waals surface area (Å²) in [6.45, 7) is 2.28. The molecule has 17 heavy (non-hydrogen) atoms. The monoisotopic (exact) mass is 235 g/mol. The van der Waals surface area contributed by atoms with Gasteiger partial charge in [-0.15, -0.1) is 0 Å². The highest BCUT2D eigenvalue weighted by Gasteiger charge is 2.01. The molecule has 0 unspecified atom stereocenters. The Kier molecular flexibility index (Phi) is 5.07. The second kappa shape index (κ2) is 6.58. The lowest BCUT2D eigenvalue weighted by Crippen LogP contribution is -2.05. The van der Waals surface area contributed by atoms with E-state index < -0.39 is 0 Å². The first-order valence-electron chi connectivity index (χ1n) is 5.30. The molecule has 92 valence electrons. The van der Waals surface area contributed by atoms with E-state index in [1.54, 1.807) is 20.1 Å². The number of methoxy groups -OCH3 is 2. The van der Waals surface area contributed by atoms with Gasteiger partial charge in [0, 0.05) is 23.9 Å². The summed E-state index contributed by atoms with van der Waals surface area (Å²) in [6, 6.07) is 7.60. The number of hydrogen-bond acceptors (Lipinski definition) is 4. The maximum Gasteiger partial charge on any atom is 0.333 e. The van der Waals surface area contributed by atoms with Gasteiger partial charge in [-0.1, -0.05) is 12.1 Å². The van der Waals surface area contributed by atoms with E-state index in [1.807, 2.05) is 24.3 Å². The molecule has 0 amide bonds. The Bertz CT molecular complexity index is 413. The lowest BCUT2D eigenvalue weighted by atomic mass is 10.2. The minimum atomic E-state index is -0.308. The van der Waals surface area contributed by atoms with Gasteiger partial charge in [0.2, 0.25) is 0 Å². The zero-order valence-corrected chi connectivity index (χ0v) is 10.3. The fourth-order valence-electron chi connectivity index (χ4n) is 1.30. The molecule has 0 saturated heterocycles. The molecular weight excluding hydrogens is 218 g/mol. The molecule has 0 spiro atoms. The molecule has 0 bridgehead atoms. The van der Waals surface area contributed by atoms with Gasteiger partial charge < -0.3 is 14.8 Å². The summed E-state index contributed by atoms with van der Waals surface area (Å²) in [4.78, 5) is 11.1. The minimum absolute atomic E-state index is 0.308. The van der Waals surface area contributed by atoms with Crippen molar-refractivity contribution in [3.8, 4) is 5.75 Å². The van der Waals surface area contributed by atoms with E-state index in [2.05, 4.69) is 10.1 Å². The zero-order valence-electron chi connectivity index (χ0n) is 10.3. The SMILES string of the molecule is COC(=O)/C(C)=C/CNc1cccc(OC)c1. The standard InChI is InChI=1S/C13H17NO3/c1-10(13(15)17-3)7-8-14-11-5-4-6-12(9-11)16-2/h4-7,9,14H,8H2,1-3H3/b10-7+. The molecule has 0 atom stereocenters. The zero-order chi connectivity index (χ0) is 12.7. The van der Waals surface area contributed by atoms with Crippen LogP contribution in [0.25, 0.3) is 0 Å². The van der Waals surface area contributed by atoms with Gasteiger partial charge in [-0.25, -0.2) is 4.79 Å². The number of hydrogen-bond donors (Lipinski definition) is 1. The summed E-state index contributed by atoms with van der Waals surface area (Å²) in [5.74, 6) is 0.487. The summed E-state index contributed by atoms with van der Waals surface area (Å²) in [6.07, 6.45) is 1.78. The Labute approximate surface area is 101 Å². The highest BCUT2D eigenvalue weighted by atomic mass is 16.5. The molecule has 1 N–H and O–H groups in total. The van der Waals surface area contributed by atoms with Gasteiger partial charge in [0.25, 0.3) is 0 Å². The maximum absolute atomic E-state index is 11.1. The predicted molar refractivity (Wildman–Crippen MR) is 67.3 cm³/mol. The molecule has 1 rings (SSSR count). The Morgan fingerprint density at radius 1 is 1.41 bits per heavy atom. The van der Waals surface area contributed by atoms with E-state index in [4.69, 9.17) is 4.74 Å². The van der Waals surface area contributed by atoms with Crippen LogP contribution in [0.2, 0.25) is 0 Å². The molecule has 0 radical (unpaired) electrons. The molecule has 1 aromatic carbocycles. The topological polar surface area (TPSA) is 47.6 Å². The molecule has 0 aliphatic carbocycles. The molecule has 0 aliphatic rings.